The van der Waals surface area contributed by atoms with Gasteiger partial charge in [0.2, 0.25) is 0 Å². The van der Waals surface area contributed by atoms with Gasteiger partial charge in [-0.15, -0.1) is 0 Å². The molecule has 5 heteroatoms. The maximum Gasteiger partial charge on any atom is 0.311 e. The minimum absolute atomic E-state index is 0.0100. The van der Waals surface area contributed by atoms with Crippen LogP contribution < -0.4 is 0 Å². The van der Waals surface area contributed by atoms with Crippen LogP contribution in [0.1, 0.15) is 92.9 Å². The first-order valence-corrected chi connectivity index (χ1v) is 14.3. The maximum absolute atomic E-state index is 13.2. The van der Waals surface area contributed by atoms with Crippen molar-refractivity contribution < 1.29 is 24.5 Å². The Morgan fingerprint density at radius 1 is 0.889 bits per heavy atom. The molecule has 0 aliphatic heterocycles. The monoisotopic (exact) mass is 500 g/mol. The summed E-state index contributed by atoms with van der Waals surface area (Å²) in [7, 11) is 1.45. The van der Waals surface area contributed by atoms with Gasteiger partial charge in [-0.25, -0.2) is 0 Å². The lowest BCUT2D eigenvalue weighted by atomic mass is 9.34. The van der Waals surface area contributed by atoms with Crippen molar-refractivity contribution in [3.63, 3.8) is 0 Å². The molecule has 0 aromatic carbocycles. The number of methoxy groups -OCH3 is 1. The van der Waals surface area contributed by atoms with E-state index in [1.54, 1.807) is 0 Å². The molecule has 202 valence electrons. The summed E-state index contributed by atoms with van der Waals surface area (Å²) in [5.74, 6) is -0.125. The Hall–Kier alpha value is -1.36. The summed E-state index contributed by atoms with van der Waals surface area (Å²) in [6, 6.07) is 0. The number of rotatable bonds is 3. The quantitative estimate of drug-likeness (QED) is 0.361. The zero-order valence-electron chi connectivity index (χ0n) is 23.5. The number of carboxylic acid groups (broad SMARTS) is 1. The van der Waals surface area contributed by atoms with Gasteiger partial charge in [-0.2, -0.15) is 0 Å². The van der Waals surface area contributed by atoms with Gasteiger partial charge in [0.25, 0.3) is 0 Å². The predicted molar refractivity (Wildman–Crippen MR) is 139 cm³/mol. The number of carbonyl (C=O) groups excluding carboxylic acids is 1. The Balaban J connectivity index is 1.62. The molecule has 0 bridgehead atoms. The zero-order chi connectivity index (χ0) is 26.6. The molecule has 5 aliphatic rings. The van der Waals surface area contributed by atoms with E-state index in [4.69, 9.17) is 4.74 Å². The SMILES string of the molecule is C=C(C)[C@@H]1CC[C@]2(C(=O)O)CC[C@]3(C)[C@H](CCC4[C@@]5(C)[C@@H](C(=O)OC)[C@H](O)C(C)(C)[C@@H]5CC[C@]43C)C12. The van der Waals surface area contributed by atoms with E-state index in [-0.39, 0.29) is 51.3 Å². The van der Waals surface area contributed by atoms with Crippen molar-refractivity contribution in [2.75, 3.05) is 7.11 Å². The summed E-state index contributed by atoms with van der Waals surface area (Å²) in [6.45, 7) is 17.9. The number of ether oxygens (including phenoxy) is 1. The highest BCUT2D eigenvalue weighted by Gasteiger charge is 2.76. The van der Waals surface area contributed by atoms with Crippen LogP contribution in [0.2, 0.25) is 0 Å². The third-order valence-electron chi connectivity index (χ3n) is 13.8. The first kappa shape index (κ1) is 26.3. The van der Waals surface area contributed by atoms with Gasteiger partial charge in [0.05, 0.1) is 24.5 Å². The molecule has 5 rings (SSSR count). The average Bonchev–Trinajstić information content (AvgIpc) is 3.27. The lowest BCUT2D eigenvalue weighted by molar-refractivity contribution is -0.228. The van der Waals surface area contributed by atoms with Crippen LogP contribution in [0.4, 0.5) is 0 Å². The fraction of sp³-hybridized carbons (Fsp3) is 0.871. The Morgan fingerprint density at radius 2 is 1.56 bits per heavy atom. The van der Waals surface area contributed by atoms with Gasteiger partial charge < -0.3 is 14.9 Å². The summed E-state index contributed by atoms with van der Waals surface area (Å²) >= 11 is 0. The van der Waals surface area contributed by atoms with Crippen LogP contribution in [0.5, 0.6) is 0 Å². The third kappa shape index (κ3) is 2.82. The molecule has 5 aliphatic carbocycles. The van der Waals surface area contributed by atoms with E-state index >= 15 is 0 Å². The highest BCUT2D eigenvalue weighted by molar-refractivity contribution is 5.76. The van der Waals surface area contributed by atoms with Gasteiger partial charge in [0, 0.05) is 0 Å². The second kappa shape index (κ2) is 7.83. The predicted octanol–water partition coefficient (Wildman–Crippen LogP) is 6.10. The van der Waals surface area contributed by atoms with Gasteiger partial charge in [0.15, 0.2) is 0 Å². The fourth-order valence-corrected chi connectivity index (χ4v) is 11.9. The normalized spacial score (nSPS) is 52.9. The molecule has 36 heavy (non-hydrogen) atoms. The zero-order valence-corrected chi connectivity index (χ0v) is 23.5. The first-order chi connectivity index (χ1) is 16.6. The van der Waals surface area contributed by atoms with E-state index in [1.807, 2.05) is 0 Å². The molecule has 0 saturated heterocycles. The van der Waals surface area contributed by atoms with E-state index in [0.29, 0.717) is 5.92 Å². The molecule has 0 amide bonds. The number of allylic oxidation sites excluding steroid dienone is 1. The van der Waals surface area contributed by atoms with Gasteiger partial charge in [-0.1, -0.05) is 46.8 Å². The highest BCUT2D eigenvalue weighted by Crippen LogP contribution is 2.79. The van der Waals surface area contributed by atoms with Gasteiger partial charge >= 0.3 is 11.9 Å². The van der Waals surface area contributed by atoms with Crippen molar-refractivity contribution in [1.29, 1.82) is 0 Å². The molecular formula is C31H48O5. The highest BCUT2D eigenvalue weighted by atomic mass is 16.5. The van der Waals surface area contributed by atoms with Crippen LogP contribution in [-0.2, 0) is 14.3 Å². The van der Waals surface area contributed by atoms with Gasteiger partial charge in [-0.3, -0.25) is 9.59 Å². The van der Waals surface area contributed by atoms with Crippen molar-refractivity contribution in [1.82, 2.24) is 0 Å². The van der Waals surface area contributed by atoms with Crippen molar-refractivity contribution in [3.05, 3.63) is 12.2 Å². The molecule has 0 heterocycles. The molecular weight excluding hydrogens is 452 g/mol. The van der Waals surface area contributed by atoms with E-state index in [2.05, 4.69) is 48.1 Å². The molecule has 0 aromatic heterocycles. The lowest BCUT2D eigenvalue weighted by Crippen LogP contribution is -2.65. The van der Waals surface area contributed by atoms with Crippen LogP contribution in [0.25, 0.3) is 0 Å². The average molecular weight is 501 g/mol. The molecule has 2 N–H and O–H groups in total. The Kier molecular flexibility index (Phi) is 5.71. The van der Waals surface area contributed by atoms with Crippen LogP contribution in [0, 0.1) is 62.6 Å². The number of esters is 1. The largest absolute Gasteiger partial charge is 0.481 e. The van der Waals surface area contributed by atoms with Crippen LogP contribution in [-0.4, -0.2) is 35.4 Å². The number of fused-ring (bicyclic) bond motifs is 7. The Bertz CT molecular complexity index is 985. The number of hydrogen-bond donors (Lipinski definition) is 2. The summed E-state index contributed by atoms with van der Waals surface area (Å²) in [5, 5.41) is 22.1. The number of aliphatic carboxylic acids is 1. The Morgan fingerprint density at radius 3 is 2.14 bits per heavy atom. The molecule has 2 unspecified atom stereocenters. The van der Waals surface area contributed by atoms with E-state index in [9.17, 15) is 19.8 Å². The van der Waals surface area contributed by atoms with Gasteiger partial charge in [0.1, 0.15) is 0 Å². The molecule has 0 radical (unpaired) electrons. The van der Waals surface area contributed by atoms with Crippen LogP contribution in [0.15, 0.2) is 12.2 Å². The van der Waals surface area contributed by atoms with E-state index < -0.39 is 23.4 Å². The minimum atomic E-state index is -0.721. The third-order valence-corrected chi connectivity index (χ3v) is 13.8. The summed E-state index contributed by atoms with van der Waals surface area (Å²) in [4.78, 5) is 26.1. The summed E-state index contributed by atoms with van der Waals surface area (Å²) < 4.78 is 5.32. The van der Waals surface area contributed by atoms with E-state index in [0.717, 1.165) is 56.9 Å². The standard InChI is InChI=1S/C31H48O5/c1-17(2)18-11-14-31(26(34)35)16-15-28(5)19(22(18)31)9-10-21-29(28,6)13-12-20-27(3,4)24(32)23(25(33)36-8)30(20,21)7/h18-24,32H,1,9-16H2,2-8H3,(H,34,35)/t18-,19+,20-,21?,22?,23+,24-,28+,29+,30-,31-/m0/s1. The van der Waals surface area contributed by atoms with E-state index in [1.165, 1.54) is 7.11 Å². The number of aliphatic hydroxyl groups excluding tert-OH is 1. The number of hydrogen-bond acceptors (Lipinski definition) is 4. The molecule has 0 aromatic rings. The molecule has 5 saturated carbocycles. The number of carbonyl (C=O) groups is 2. The summed E-state index contributed by atoms with van der Waals surface area (Å²) in [5.41, 5.74) is -0.222. The second-order valence-corrected chi connectivity index (χ2v) is 14.8. The Labute approximate surface area is 217 Å². The van der Waals surface area contributed by atoms with Crippen molar-refractivity contribution in [2.24, 2.45) is 62.6 Å². The first-order valence-electron chi connectivity index (χ1n) is 14.3. The molecule has 5 fully saturated rings. The number of carboxylic acids is 1. The molecule has 11 atom stereocenters. The maximum atomic E-state index is 13.2. The van der Waals surface area contributed by atoms with Gasteiger partial charge in [-0.05, 0) is 110 Å². The smallest absolute Gasteiger partial charge is 0.311 e. The summed E-state index contributed by atoms with van der Waals surface area (Å²) in [6.07, 6.45) is 6.67. The molecule has 0 spiro atoms. The second-order valence-electron chi connectivity index (χ2n) is 14.8. The fourth-order valence-electron chi connectivity index (χ4n) is 11.9. The van der Waals surface area contributed by atoms with Crippen LogP contribution >= 0.6 is 0 Å². The molecule has 5 nitrogen and oxygen atoms in total. The lowest BCUT2D eigenvalue weighted by Gasteiger charge is -2.70. The van der Waals surface area contributed by atoms with Crippen molar-refractivity contribution in [2.45, 2.75) is 99.0 Å². The minimum Gasteiger partial charge on any atom is -0.481 e. The van der Waals surface area contributed by atoms with Crippen molar-refractivity contribution in [3.8, 4) is 0 Å². The number of aliphatic hydroxyl groups is 1. The van der Waals surface area contributed by atoms with Crippen LogP contribution in [0.3, 0.4) is 0 Å². The van der Waals surface area contributed by atoms with Crippen molar-refractivity contribution >= 4 is 11.9 Å². The topological polar surface area (TPSA) is 83.8 Å².